The third-order valence-corrected chi connectivity index (χ3v) is 2.65. The predicted molar refractivity (Wildman–Crippen MR) is 57.2 cm³/mol. The smallest absolute Gasteiger partial charge is 0.227 e. The number of nitrogens with zero attached hydrogens (tertiary/aromatic N) is 1. The summed E-state index contributed by atoms with van der Waals surface area (Å²) in [5, 5.41) is 0. The van der Waals surface area contributed by atoms with E-state index in [9.17, 15) is 4.79 Å². The highest BCUT2D eigenvalue weighted by atomic mass is 16.2. The van der Waals surface area contributed by atoms with Crippen LogP contribution in [0.15, 0.2) is 18.2 Å². The predicted octanol–water partition coefficient (Wildman–Crippen LogP) is 1.57. The summed E-state index contributed by atoms with van der Waals surface area (Å²) < 4.78 is 0. The van der Waals surface area contributed by atoms with E-state index in [1.54, 1.807) is 4.90 Å². The van der Waals surface area contributed by atoms with E-state index in [1.165, 1.54) is 5.56 Å². The SMILES string of the molecule is CCN1C(=O)CCc2cccc(N)c21. The number of anilines is 2. The fraction of sp³-hybridized carbons (Fsp3) is 0.364. The van der Waals surface area contributed by atoms with Crippen LogP contribution in [0.25, 0.3) is 0 Å². The molecule has 1 aliphatic rings. The Balaban J connectivity index is 2.54. The molecular formula is C11H14N2O. The molecule has 1 heterocycles. The van der Waals surface area contributed by atoms with Crippen LogP contribution in [0.1, 0.15) is 18.9 Å². The summed E-state index contributed by atoms with van der Waals surface area (Å²) in [6, 6.07) is 5.83. The molecule has 0 bridgehead atoms. The molecule has 0 radical (unpaired) electrons. The third-order valence-electron chi connectivity index (χ3n) is 2.65. The fourth-order valence-corrected chi connectivity index (χ4v) is 1.98. The number of fused-ring (bicyclic) bond motifs is 1. The second kappa shape index (κ2) is 3.33. The van der Waals surface area contributed by atoms with Crippen LogP contribution in [-0.2, 0) is 11.2 Å². The van der Waals surface area contributed by atoms with Crippen LogP contribution >= 0.6 is 0 Å². The fourth-order valence-electron chi connectivity index (χ4n) is 1.98. The molecule has 0 saturated carbocycles. The highest BCUT2D eigenvalue weighted by Crippen LogP contribution is 2.32. The molecule has 2 rings (SSSR count). The Morgan fingerprint density at radius 2 is 2.21 bits per heavy atom. The topological polar surface area (TPSA) is 46.3 Å². The summed E-state index contributed by atoms with van der Waals surface area (Å²) in [6.45, 7) is 2.67. The maximum Gasteiger partial charge on any atom is 0.227 e. The van der Waals surface area contributed by atoms with Gasteiger partial charge in [-0.3, -0.25) is 4.79 Å². The lowest BCUT2D eigenvalue weighted by molar-refractivity contribution is -0.118. The highest BCUT2D eigenvalue weighted by molar-refractivity contribution is 5.99. The molecule has 2 N–H and O–H groups in total. The minimum absolute atomic E-state index is 0.179. The lowest BCUT2D eigenvalue weighted by atomic mass is 10.00. The average molecular weight is 190 g/mol. The van der Waals surface area contributed by atoms with E-state index in [-0.39, 0.29) is 5.91 Å². The van der Waals surface area contributed by atoms with Crippen molar-refractivity contribution in [3.05, 3.63) is 23.8 Å². The van der Waals surface area contributed by atoms with Gasteiger partial charge in [-0.2, -0.15) is 0 Å². The first kappa shape index (κ1) is 9.06. The van der Waals surface area contributed by atoms with E-state index in [0.717, 1.165) is 12.1 Å². The number of para-hydroxylation sites is 1. The van der Waals surface area contributed by atoms with E-state index < -0.39 is 0 Å². The number of carbonyl (C=O) groups is 1. The summed E-state index contributed by atoms with van der Waals surface area (Å²) in [6.07, 6.45) is 1.42. The summed E-state index contributed by atoms with van der Waals surface area (Å²) in [7, 11) is 0. The molecule has 0 atom stereocenters. The molecular weight excluding hydrogens is 176 g/mol. The molecule has 14 heavy (non-hydrogen) atoms. The molecule has 0 aromatic heterocycles. The monoisotopic (exact) mass is 190 g/mol. The van der Waals surface area contributed by atoms with E-state index in [0.29, 0.717) is 18.7 Å². The Hall–Kier alpha value is -1.51. The van der Waals surface area contributed by atoms with Gasteiger partial charge in [-0.15, -0.1) is 0 Å². The molecule has 0 aliphatic carbocycles. The summed E-state index contributed by atoms with van der Waals surface area (Å²) >= 11 is 0. The lowest BCUT2D eigenvalue weighted by Crippen LogP contribution is -2.35. The molecule has 0 saturated heterocycles. The first-order chi connectivity index (χ1) is 6.74. The number of rotatable bonds is 1. The van der Waals surface area contributed by atoms with Crippen molar-refractivity contribution in [2.24, 2.45) is 0 Å². The Labute approximate surface area is 83.5 Å². The maximum atomic E-state index is 11.6. The Morgan fingerprint density at radius 1 is 1.43 bits per heavy atom. The third kappa shape index (κ3) is 1.25. The zero-order valence-corrected chi connectivity index (χ0v) is 8.29. The largest absolute Gasteiger partial charge is 0.397 e. The number of nitrogens with two attached hydrogens (primary N) is 1. The average Bonchev–Trinajstić information content (AvgIpc) is 2.19. The first-order valence-corrected chi connectivity index (χ1v) is 4.91. The molecule has 0 spiro atoms. The van der Waals surface area contributed by atoms with E-state index in [4.69, 9.17) is 5.73 Å². The van der Waals surface area contributed by atoms with Gasteiger partial charge in [0, 0.05) is 13.0 Å². The van der Waals surface area contributed by atoms with Gasteiger partial charge in [-0.05, 0) is 25.0 Å². The first-order valence-electron chi connectivity index (χ1n) is 4.91. The Kier molecular flexibility index (Phi) is 2.15. The maximum absolute atomic E-state index is 11.6. The number of benzene rings is 1. The van der Waals surface area contributed by atoms with E-state index in [1.807, 2.05) is 25.1 Å². The van der Waals surface area contributed by atoms with Crippen LogP contribution in [0.2, 0.25) is 0 Å². The van der Waals surface area contributed by atoms with Crippen molar-refractivity contribution < 1.29 is 4.79 Å². The number of aryl methyl sites for hydroxylation is 1. The molecule has 1 aromatic rings. The molecule has 0 unspecified atom stereocenters. The van der Waals surface area contributed by atoms with Gasteiger partial charge in [0.1, 0.15) is 0 Å². The quantitative estimate of drug-likeness (QED) is 0.683. The minimum atomic E-state index is 0.179. The summed E-state index contributed by atoms with van der Waals surface area (Å²) in [4.78, 5) is 13.4. The lowest BCUT2D eigenvalue weighted by Gasteiger charge is -2.29. The summed E-state index contributed by atoms with van der Waals surface area (Å²) in [5.74, 6) is 0.179. The number of carbonyl (C=O) groups excluding carboxylic acids is 1. The van der Waals surface area contributed by atoms with Gasteiger partial charge in [0.2, 0.25) is 5.91 Å². The van der Waals surface area contributed by atoms with Crippen LogP contribution < -0.4 is 10.6 Å². The molecule has 1 aromatic carbocycles. The van der Waals surface area contributed by atoms with E-state index in [2.05, 4.69) is 0 Å². The van der Waals surface area contributed by atoms with Crippen LogP contribution in [0.3, 0.4) is 0 Å². The molecule has 1 amide bonds. The molecule has 1 aliphatic heterocycles. The number of hydrogen-bond acceptors (Lipinski definition) is 2. The van der Waals surface area contributed by atoms with Gasteiger partial charge in [-0.25, -0.2) is 0 Å². The molecule has 74 valence electrons. The van der Waals surface area contributed by atoms with Gasteiger partial charge >= 0.3 is 0 Å². The van der Waals surface area contributed by atoms with Crippen molar-refractivity contribution in [1.29, 1.82) is 0 Å². The second-order valence-corrected chi connectivity index (χ2v) is 3.49. The minimum Gasteiger partial charge on any atom is -0.397 e. The molecule has 3 heteroatoms. The van der Waals surface area contributed by atoms with Gasteiger partial charge in [0.15, 0.2) is 0 Å². The van der Waals surface area contributed by atoms with E-state index >= 15 is 0 Å². The van der Waals surface area contributed by atoms with Crippen LogP contribution in [0.4, 0.5) is 11.4 Å². The Bertz CT molecular complexity index is 374. The van der Waals surface area contributed by atoms with Gasteiger partial charge in [-0.1, -0.05) is 12.1 Å². The second-order valence-electron chi connectivity index (χ2n) is 3.49. The van der Waals surface area contributed by atoms with Crippen LogP contribution in [0.5, 0.6) is 0 Å². The zero-order valence-electron chi connectivity index (χ0n) is 8.29. The van der Waals surface area contributed by atoms with Crippen molar-refractivity contribution >= 4 is 17.3 Å². The normalized spacial score (nSPS) is 15.5. The zero-order chi connectivity index (χ0) is 10.1. The number of nitrogen functional groups attached to an aromatic ring is 1. The van der Waals surface area contributed by atoms with Crippen LogP contribution in [-0.4, -0.2) is 12.5 Å². The van der Waals surface area contributed by atoms with Crippen molar-refractivity contribution in [1.82, 2.24) is 0 Å². The standard InChI is InChI=1S/C11H14N2O/c1-2-13-10(14)7-6-8-4-3-5-9(12)11(8)13/h3-5H,2,6-7,12H2,1H3. The molecule has 0 fully saturated rings. The number of hydrogen-bond donors (Lipinski definition) is 1. The van der Waals surface area contributed by atoms with Crippen LogP contribution in [0, 0.1) is 0 Å². The van der Waals surface area contributed by atoms with Crippen molar-refractivity contribution in [3.63, 3.8) is 0 Å². The Morgan fingerprint density at radius 3 is 2.93 bits per heavy atom. The van der Waals surface area contributed by atoms with Gasteiger partial charge in [0.05, 0.1) is 11.4 Å². The molecule has 3 nitrogen and oxygen atoms in total. The van der Waals surface area contributed by atoms with Crippen molar-refractivity contribution in [2.45, 2.75) is 19.8 Å². The highest BCUT2D eigenvalue weighted by Gasteiger charge is 2.24. The van der Waals surface area contributed by atoms with Crippen molar-refractivity contribution in [2.75, 3.05) is 17.2 Å². The summed E-state index contributed by atoms with van der Waals surface area (Å²) in [5.41, 5.74) is 8.69. The van der Waals surface area contributed by atoms with Gasteiger partial charge in [0.25, 0.3) is 0 Å². The number of amides is 1. The van der Waals surface area contributed by atoms with Crippen molar-refractivity contribution in [3.8, 4) is 0 Å². The van der Waals surface area contributed by atoms with Gasteiger partial charge < -0.3 is 10.6 Å².